The third-order valence-corrected chi connectivity index (χ3v) is 10.9. The number of hydrogen-bond donors (Lipinski definition) is 3. The number of ether oxygens (including phenoxy) is 4. The Morgan fingerprint density at radius 1 is 0.964 bits per heavy atom. The van der Waals surface area contributed by atoms with Gasteiger partial charge < -0.3 is 34.7 Å². The predicted octanol–water partition coefficient (Wildman–Crippen LogP) is 2.92. The van der Waals surface area contributed by atoms with Gasteiger partial charge >= 0.3 is 18.1 Å². The lowest BCUT2D eigenvalue weighted by atomic mass is 9.62. The first-order valence-electron chi connectivity index (χ1n) is 18.2. The number of carbonyl (C=O) groups is 4. The van der Waals surface area contributed by atoms with Gasteiger partial charge in [0.1, 0.15) is 29.8 Å². The fourth-order valence-corrected chi connectivity index (χ4v) is 8.57. The Balaban J connectivity index is 1.09. The van der Waals surface area contributed by atoms with Crippen LogP contribution in [-0.4, -0.2) is 96.1 Å². The maximum absolute atomic E-state index is 14.8. The molecule has 13 nitrogen and oxygen atoms in total. The molecule has 1 saturated carbocycles. The van der Waals surface area contributed by atoms with E-state index < -0.39 is 78.2 Å². The van der Waals surface area contributed by atoms with Gasteiger partial charge in [-0.2, -0.15) is 18.2 Å². The second-order valence-corrected chi connectivity index (χ2v) is 14.5. The molecule has 3 aromatic carbocycles. The molecule has 1 spiro atoms. The van der Waals surface area contributed by atoms with Gasteiger partial charge in [-0.15, -0.1) is 0 Å². The smallest absolute Gasteiger partial charge is 0.422 e. The summed E-state index contributed by atoms with van der Waals surface area (Å²) in [6.45, 7) is -1.96. The average Bonchev–Trinajstić information content (AvgIpc) is 3.86. The van der Waals surface area contributed by atoms with E-state index in [-0.39, 0.29) is 32.7 Å². The Morgan fingerprint density at radius 3 is 2.45 bits per heavy atom. The van der Waals surface area contributed by atoms with Crippen LogP contribution in [-0.2, 0) is 64.1 Å². The summed E-state index contributed by atoms with van der Waals surface area (Å²) in [6.07, 6.45) is -4.97. The largest absolute Gasteiger partial charge is 0.458 e. The van der Waals surface area contributed by atoms with Gasteiger partial charge in [0.05, 0.1) is 13.2 Å². The summed E-state index contributed by atoms with van der Waals surface area (Å²) < 4.78 is 61.6. The molecule has 0 radical (unpaired) electrons. The number of aliphatic hydroxyl groups is 1. The Labute approximate surface area is 318 Å². The Hall–Kier alpha value is -5.13. The highest BCUT2D eigenvalue weighted by molar-refractivity contribution is 5.95. The topological polar surface area (TPSA) is 162 Å². The van der Waals surface area contributed by atoms with Crippen molar-refractivity contribution in [2.75, 3.05) is 19.8 Å². The van der Waals surface area contributed by atoms with Crippen LogP contribution < -0.4 is 10.6 Å². The van der Waals surface area contributed by atoms with Gasteiger partial charge in [-0.25, -0.2) is 4.79 Å². The summed E-state index contributed by atoms with van der Waals surface area (Å²) >= 11 is 0. The second kappa shape index (κ2) is 14.7. The lowest BCUT2D eigenvalue weighted by molar-refractivity contribution is -0.217. The molecule has 0 aromatic heterocycles. The highest BCUT2D eigenvalue weighted by Crippen LogP contribution is 2.58. The number of hydrogen-bond acceptors (Lipinski definition) is 11. The summed E-state index contributed by atoms with van der Waals surface area (Å²) in [5.41, 5.74) is 2.49. The molecule has 3 aliphatic heterocycles. The van der Waals surface area contributed by atoms with E-state index in [1.165, 1.54) is 11.1 Å². The second-order valence-electron chi connectivity index (χ2n) is 14.5. The average molecular weight is 778 g/mol. The van der Waals surface area contributed by atoms with Crippen LogP contribution in [0.4, 0.5) is 13.2 Å². The number of benzene rings is 3. The molecular formula is C40H38F3N3O10. The number of nitrogens with zero attached hydrogens (tertiary/aromatic N) is 1. The van der Waals surface area contributed by atoms with E-state index >= 15 is 0 Å². The number of fused-ring (bicyclic) bond motifs is 5. The zero-order chi connectivity index (χ0) is 39.2. The third-order valence-electron chi connectivity index (χ3n) is 10.9. The van der Waals surface area contributed by atoms with E-state index in [1.54, 1.807) is 48.5 Å². The van der Waals surface area contributed by atoms with Crippen molar-refractivity contribution in [3.05, 3.63) is 112 Å². The molecule has 6 atom stereocenters. The molecule has 2 amide bonds. The zero-order valence-corrected chi connectivity index (χ0v) is 29.8. The first-order chi connectivity index (χ1) is 26.9. The van der Waals surface area contributed by atoms with Crippen molar-refractivity contribution in [2.45, 2.75) is 74.8 Å². The molecule has 56 heavy (non-hydrogen) atoms. The van der Waals surface area contributed by atoms with Gasteiger partial charge in [-0.3, -0.25) is 19.2 Å². The Bertz CT molecular complexity index is 2050. The molecule has 3 saturated heterocycles. The molecule has 2 bridgehead atoms. The monoisotopic (exact) mass is 777 g/mol. The summed E-state index contributed by atoms with van der Waals surface area (Å²) in [6, 6.07) is 20.0. The minimum Gasteiger partial charge on any atom is -0.458 e. The fraction of sp³-hybridized carbons (Fsp3) is 0.400. The summed E-state index contributed by atoms with van der Waals surface area (Å²) in [5.74, 6) is -3.85. The zero-order valence-electron chi connectivity index (χ0n) is 29.8. The molecule has 2 aliphatic carbocycles. The number of halogens is 3. The molecule has 3 heterocycles. The van der Waals surface area contributed by atoms with Crippen LogP contribution in [0.3, 0.4) is 0 Å². The van der Waals surface area contributed by atoms with E-state index in [0.29, 0.717) is 35.1 Å². The lowest BCUT2D eigenvalue weighted by Gasteiger charge is -2.48. The van der Waals surface area contributed by atoms with Gasteiger partial charge in [-0.1, -0.05) is 60.7 Å². The Morgan fingerprint density at radius 2 is 1.70 bits per heavy atom. The molecule has 0 unspecified atom stereocenters. The van der Waals surface area contributed by atoms with Crippen LogP contribution in [0.25, 0.3) is 6.08 Å². The van der Waals surface area contributed by atoms with Crippen molar-refractivity contribution >= 4 is 29.8 Å². The van der Waals surface area contributed by atoms with Gasteiger partial charge in [0.2, 0.25) is 5.91 Å². The number of hydroxylamine groups is 2. The van der Waals surface area contributed by atoms with Crippen LogP contribution in [0.15, 0.2) is 78.9 Å². The number of amides is 2. The molecule has 4 fully saturated rings. The van der Waals surface area contributed by atoms with E-state index in [0.717, 1.165) is 17.2 Å². The van der Waals surface area contributed by atoms with E-state index in [1.807, 2.05) is 24.3 Å². The fourth-order valence-electron chi connectivity index (χ4n) is 8.57. The van der Waals surface area contributed by atoms with Crippen LogP contribution in [0, 0.1) is 5.41 Å². The van der Waals surface area contributed by atoms with Gasteiger partial charge in [-0.05, 0) is 46.0 Å². The van der Waals surface area contributed by atoms with Crippen LogP contribution in [0.2, 0.25) is 0 Å². The third kappa shape index (κ3) is 7.07. The minimum absolute atomic E-state index is 0.00359. The molecule has 294 valence electrons. The molecule has 3 aromatic rings. The molecule has 5 aliphatic rings. The molecule has 8 rings (SSSR count). The standard InChI is InChI=1S/C40H38F3N3O10/c41-40(42,43)22-52-30(48)13-12-24-7-1-4-10-28(24)21-46-33-36(50)53-29-19-39(33,37(51)45-20-23-6-5-11-25(16-23)35(49)44-14-15-47)34(56-46)32-31(29)54-38(55-32)17-26-8-2-3-9-27(26)18-38/h1-13,16,29,31-34,47H,14-15,17-22H2,(H,44,49)(H,45,51)/t29-,31+,32+,33+,34-,39+/m1/s1. The molecule has 16 heteroatoms. The quantitative estimate of drug-likeness (QED) is 0.194. The molecule has 3 N–H and O–H groups in total. The first-order valence-corrected chi connectivity index (χ1v) is 18.2. The van der Waals surface area contributed by atoms with Gasteiger partial charge in [0.15, 0.2) is 18.4 Å². The SMILES string of the molecule is O=C(C=Cc1ccccc1CN1O[C@@H]2[C@H]3OC4(Cc5ccccc5C4)O[C@H]3[C@H]3C[C@]2(C(=O)NCc2cccc(C(=O)NCCO)c2)[C@@H]1C(=O)O3)OCC(F)(F)F. The summed E-state index contributed by atoms with van der Waals surface area (Å²) in [5, 5.41) is 16.1. The minimum atomic E-state index is -4.68. The van der Waals surface area contributed by atoms with E-state index in [2.05, 4.69) is 15.4 Å². The number of aliphatic hydroxyl groups excluding tert-OH is 1. The number of esters is 2. The predicted molar refractivity (Wildman–Crippen MR) is 188 cm³/mol. The van der Waals surface area contributed by atoms with Crippen LogP contribution >= 0.6 is 0 Å². The number of alkyl halides is 3. The maximum atomic E-state index is 14.8. The van der Waals surface area contributed by atoms with Crippen molar-refractivity contribution < 1.29 is 61.2 Å². The van der Waals surface area contributed by atoms with Crippen molar-refractivity contribution in [1.82, 2.24) is 15.7 Å². The highest BCUT2D eigenvalue weighted by atomic mass is 19.4. The van der Waals surface area contributed by atoms with Crippen molar-refractivity contribution in [2.24, 2.45) is 5.41 Å². The van der Waals surface area contributed by atoms with E-state index in [4.69, 9.17) is 24.2 Å². The van der Waals surface area contributed by atoms with Crippen molar-refractivity contribution in [3.8, 4) is 0 Å². The summed E-state index contributed by atoms with van der Waals surface area (Å²) in [7, 11) is 0. The van der Waals surface area contributed by atoms with Crippen molar-refractivity contribution in [1.29, 1.82) is 0 Å². The number of carbonyl (C=O) groups excluding carboxylic acids is 4. The van der Waals surface area contributed by atoms with Crippen molar-refractivity contribution in [3.63, 3.8) is 0 Å². The number of rotatable bonds is 11. The first kappa shape index (κ1) is 37.8. The molecular weight excluding hydrogens is 739 g/mol. The maximum Gasteiger partial charge on any atom is 0.422 e. The summed E-state index contributed by atoms with van der Waals surface area (Å²) in [4.78, 5) is 60.2. The van der Waals surface area contributed by atoms with Crippen LogP contribution in [0.1, 0.15) is 44.6 Å². The van der Waals surface area contributed by atoms with Gasteiger partial charge in [0, 0.05) is 44.0 Å². The lowest BCUT2D eigenvalue weighted by Crippen LogP contribution is -2.69. The normalized spacial score (nSPS) is 27.1. The van der Waals surface area contributed by atoms with E-state index in [9.17, 15) is 32.3 Å². The number of nitrogens with one attached hydrogen (secondary N) is 2. The van der Waals surface area contributed by atoms with Crippen LogP contribution in [0.5, 0.6) is 0 Å². The van der Waals surface area contributed by atoms with Gasteiger partial charge in [0.25, 0.3) is 5.91 Å². The highest BCUT2D eigenvalue weighted by Gasteiger charge is 2.76. The Kier molecular flexibility index (Phi) is 9.95.